The Balaban J connectivity index is 0. The van der Waals surface area contributed by atoms with Crippen molar-refractivity contribution in [3.63, 3.8) is 0 Å². The monoisotopic (exact) mass is 552 g/mol. The van der Waals surface area contributed by atoms with Gasteiger partial charge in [0.15, 0.2) is 0 Å². The first kappa shape index (κ1) is 29.5. The van der Waals surface area contributed by atoms with Gasteiger partial charge < -0.3 is 9.84 Å². The van der Waals surface area contributed by atoms with Gasteiger partial charge in [0, 0.05) is 21.1 Å². The Morgan fingerprint density at radius 2 is 1.41 bits per heavy atom. The average Bonchev–Trinajstić information content (AvgIpc) is 2.69. The van der Waals surface area contributed by atoms with Crippen molar-refractivity contribution < 1.29 is 30.9 Å². The second kappa shape index (κ2) is 18.4. The zero-order valence-electron chi connectivity index (χ0n) is 19.2. The Morgan fingerprint density at radius 3 is 1.89 bits per heavy atom. The summed E-state index contributed by atoms with van der Waals surface area (Å²) < 4.78 is 6.10. The molecule has 0 aromatic heterocycles. The molecule has 162 valence electrons. The van der Waals surface area contributed by atoms with Crippen molar-refractivity contribution in [1.29, 1.82) is 0 Å². The molecule has 3 atom stereocenters. The molecule has 0 bridgehead atoms. The molecule has 0 aromatic rings. The van der Waals surface area contributed by atoms with Gasteiger partial charge >= 0.3 is 0 Å². The SMILES string of the molecule is CC.CC.CC(C)CCC(C)/C=C/C1CCC(C2CCC(O)CC2)CO1.[W]. The predicted octanol–water partition coefficient (Wildman–Crippen LogP) is 7.01. The number of hydrogen-bond donors (Lipinski definition) is 1. The van der Waals surface area contributed by atoms with Crippen LogP contribution in [0.3, 0.4) is 0 Å². The van der Waals surface area contributed by atoms with Crippen molar-refractivity contribution in [3.8, 4) is 0 Å². The molecular weight excluding hydrogens is 504 g/mol. The quantitative estimate of drug-likeness (QED) is 0.360. The topological polar surface area (TPSA) is 29.5 Å². The molecule has 1 aliphatic heterocycles. The van der Waals surface area contributed by atoms with Crippen molar-refractivity contribution in [2.45, 2.75) is 112 Å². The largest absolute Gasteiger partial charge is 0.393 e. The van der Waals surface area contributed by atoms with E-state index in [0.29, 0.717) is 12.0 Å². The minimum Gasteiger partial charge on any atom is -0.393 e. The summed E-state index contributed by atoms with van der Waals surface area (Å²) in [6.07, 6.45) is 14.4. The van der Waals surface area contributed by atoms with Crippen LogP contribution in [0.5, 0.6) is 0 Å². The Bertz CT molecular complexity index is 327. The molecule has 0 spiro atoms. The first-order chi connectivity index (χ1) is 12.5. The third kappa shape index (κ3) is 13.2. The predicted molar refractivity (Wildman–Crippen MR) is 116 cm³/mol. The molecule has 2 rings (SSSR count). The molecule has 0 aromatic carbocycles. The number of ether oxygens (including phenoxy) is 1. The maximum atomic E-state index is 9.63. The normalized spacial score (nSPS) is 29.1. The molecule has 0 radical (unpaired) electrons. The van der Waals surface area contributed by atoms with Crippen molar-refractivity contribution in [2.75, 3.05) is 6.61 Å². The van der Waals surface area contributed by atoms with Crippen LogP contribution in [0.2, 0.25) is 0 Å². The van der Waals surface area contributed by atoms with E-state index in [0.717, 1.165) is 37.2 Å². The number of aliphatic hydroxyl groups is 1. The van der Waals surface area contributed by atoms with E-state index < -0.39 is 0 Å². The molecule has 2 aliphatic rings. The van der Waals surface area contributed by atoms with E-state index in [1.54, 1.807) is 0 Å². The van der Waals surface area contributed by atoms with Crippen LogP contribution in [0.15, 0.2) is 12.2 Å². The van der Waals surface area contributed by atoms with Crippen LogP contribution in [0.4, 0.5) is 0 Å². The van der Waals surface area contributed by atoms with Gasteiger partial charge in [-0.2, -0.15) is 0 Å². The molecular formula is C24H48O2W. The minimum atomic E-state index is -0.0382. The summed E-state index contributed by atoms with van der Waals surface area (Å²) in [4.78, 5) is 0. The Hall–Kier alpha value is 0.348. The van der Waals surface area contributed by atoms with Crippen LogP contribution in [0.1, 0.15) is 99.8 Å². The van der Waals surface area contributed by atoms with Crippen molar-refractivity contribution in [3.05, 3.63) is 12.2 Å². The second-order valence-corrected chi connectivity index (χ2v) is 8.11. The van der Waals surface area contributed by atoms with Crippen LogP contribution in [0.25, 0.3) is 0 Å². The summed E-state index contributed by atoms with van der Waals surface area (Å²) in [7, 11) is 0. The van der Waals surface area contributed by atoms with E-state index in [-0.39, 0.29) is 27.2 Å². The van der Waals surface area contributed by atoms with Crippen LogP contribution in [0, 0.1) is 23.7 Å². The third-order valence-corrected chi connectivity index (χ3v) is 5.61. The van der Waals surface area contributed by atoms with Crippen molar-refractivity contribution in [2.24, 2.45) is 23.7 Å². The molecule has 3 heteroatoms. The fourth-order valence-electron chi connectivity index (χ4n) is 3.89. The van der Waals surface area contributed by atoms with Gasteiger partial charge in [0.1, 0.15) is 0 Å². The maximum absolute atomic E-state index is 9.63. The smallest absolute Gasteiger partial charge is 0.0756 e. The zero-order chi connectivity index (χ0) is 19.9. The van der Waals surface area contributed by atoms with Crippen LogP contribution < -0.4 is 0 Å². The fourth-order valence-corrected chi connectivity index (χ4v) is 3.89. The molecule has 0 amide bonds. The van der Waals surface area contributed by atoms with E-state index >= 15 is 0 Å². The Morgan fingerprint density at radius 1 is 0.852 bits per heavy atom. The van der Waals surface area contributed by atoms with Gasteiger partial charge in [-0.3, -0.25) is 0 Å². The standard InChI is InChI=1S/C20H36O2.2C2H6.W/c1-15(2)4-5-16(3)6-12-20-13-9-18(14-22-20)17-7-10-19(21)11-8-17;2*1-2;/h6,12,15-21H,4-5,7-11,13-14H2,1-3H3;2*1-2H3;/b12-6+;;;. The van der Waals surface area contributed by atoms with Crippen LogP contribution in [-0.2, 0) is 25.8 Å². The number of allylic oxidation sites excluding steroid dienone is 1. The van der Waals surface area contributed by atoms with Crippen LogP contribution in [-0.4, -0.2) is 23.9 Å². The van der Waals surface area contributed by atoms with Crippen LogP contribution >= 0.6 is 0 Å². The molecule has 1 saturated heterocycles. The van der Waals surface area contributed by atoms with Gasteiger partial charge in [-0.15, -0.1) is 0 Å². The molecule has 2 nitrogen and oxygen atoms in total. The number of hydrogen-bond acceptors (Lipinski definition) is 2. The van der Waals surface area contributed by atoms with Gasteiger partial charge in [0.25, 0.3) is 0 Å². The molecule has 1 aliphatic carbocycles. The summed E-state index contributed by atoms with van der Waals surface area (Å²) >= 11 is 0. The molecule has 1 heterocycles. The summed E-state index contributed by atoms with van der Waals surface area (Å²) in [6, 6.07) is 0. The van der Waals surface area contributed by atoms with Gasteiger partial charge in [-0.25, -0.2) is 0 Å². The van der Waals surface area contributed by atoms with Gasteiger partial charge in [0.05, 0.1) is 18.8 Å². The number of rotatable bonds is 6. The van der Waals surface area contributed by atoms with Crippen molar-refractivity contribution >= 4 is 0 Å². The Labute approximate surface area is 185 Å². The number of aliphatic hydroxyl groups excluding tert-OH is 1. The van der Waals surface area contributed by atoms with Gasteiger partial charge in [0.2, 0.25) is 0 Å². The summed E-state index contributed by atoms with van der Waals surface area (Å²) in [5, 5.41) is 9.63. The minimum absolute atomic E-state index is 0. The first-order valence-corrected chi connectivity index (χ1v) is 11.5. The Kier molecular flexibility index (Phi) is 20.1. The van der Waals surface area contributed by atoms with E-state index in [4.69, 9.17) is 4.74 Å². The van der Waals surface area contributed by atoms with E-state index in [1.807, 2.05) is 27.7 Å². The maximum Gasteiger partial charge on any atom is 0.0756 e. The van der Waals surface area contributed by atoms with E-state index in [1.165, 1.54) is 38.5 Å². The summed E-state index contributed by atoms with van der Waals surface area (Å²) in [6.45, 7) is 15.8. The molecule has 3 unspecified atom stereocenters. The molecule has 1 saturated carbocycles. The van der Waals surface area contributed by atoms with E-state index in [9.17, 15) is 5.11 Å². The third-order valence-electron chi connectivity index (χ3n) is 5.61. The molecule has 1 N–H and O–H groups in total. The van der Waals surface area contributed by atoms with E-state index in [2.05, 4.69) is 32.9 Å². The second-order valence-electron chi connectivity index (χ2n) is 8.11. The molecule has 2 fully saturated rings. The van der Waals surface area contributed by atoms with Crippen molar-refractivity contribution in [1.82, 2.24) is 0 Å². The van der Waals surface area contributed by atoms with Gasteiger partial charge in [-0.1, -0.05) is 67.0 Å². The van der Waals surface area contributed by atoms with Gasteiger partial charge in [-0.05, 0) is 68.6 Å². The summed E-state index contributed by atoms with van der Waals surface area (Å²) in [5.74, 6) is 2.99. The average molecular weight is 552 g/mol. The molecule has 27 heavy (non-hydrogen) atoms. The zero-order valence-corrected chi connectivity index (χ0v) is 22.2. The fraction of sp³-hybridized carbons (Fsp3) is 0.917. The first-order valence-electron chi connectivity index (χ1n) is 11.5. The summed E-state index contributed by atoms with van der Waals surface area (Å²) in [5.41, 5.74) is 0.